The zero-order chi connectivity index (χ0) is 14.5. The fraction of sp³-hybridized carbons (Fsp3) is 0.333. The van der Waals surface area contributed by atoms with Crippen LogP contribution in [0.1, 0.15) is 10.4 Å². The number of hydrogen-bond acceptors (Lipinski definition) is 5. The van der Waals surface area contributed by atoms with Crippen LogP contribution < -0.4 is 10.2 Å². The summed E-state index contributed by atoms with van der Waals surface area (Å²) < 4.78 is 36.8. The molecule has 2 aliphatic rings. The molecule has 6 nitrogen and oxygen atoms in total. The van der Waals surface area contributed by atoms with E-state index in [9.17, 15) is 22.4 Å². The van der Waals surface area contributed by atoms with Crippen LogP contribution in [0, 0.1) is 5.82 Å². The van der Waals surface area contributed by atoms with Gasteiger partial charge in [0.15, 0.2) is 9.84 Å². The van der Waals surface area contributed by atoms with E-state index < -0.39 is 27.3 Å². The average molecular weight is 298 g/mol. The number of carbonyl (C=O) groups is 2. The molecule has 8 heteroatoms. The zero-order valence-corrected chi connectivity index (χ0v) is 11.2. The summed E-state index contributed by atoms with van der Waals surface area (Å²) >= 11 is 0. The summed E-state index contributed by atoms with van der Waals surface area (Å²) in [6.45, 7) is 0.389. The Morgan fingerprint density at radius 3 is 2.45 bits per heavy atom. The first kappa shape index (κ1) is 13.0. The Kier molecular flexibility index (Phi) is 2.79. The fourth-order valence-corrected chi connectivity index (χ4v) is 3.55. The van der Waals surface area contributed by atoms with Crippen molar-refractivity contribution in [1.29, 1.82) is 0 Å². The van der Waals surface area contributed by atoms with Gasteiger partial charge in [-0.2, -0.15) is 0 Å². The van der Waals surface area contributed by atoms with Crippen LogP contribution in [-0.4, -0.2) is 44.7 Å². The summed E-state index contributed by atoms with van der Waals surface area (Å²) in [5.41, 5.74) is 0.486. The van der Waals surface area contributed by atoms with Gasteiger partial charge >= 0.3 is 0 Å². The predicted molar refractivity (Wildman–Crippen MR) is 70.2 cm³/mol. The first-order chi connectivity index (χ1) is 9.37. The minimum absolute atomic E-state index is 0.0147. The predicted octanol–water partition coefficient (Wildman–Crippen LogP) is 0.195. The maximum absolute atomic E-state index is 14.0. The first-order valence-corrected chi connectivity index (χ1v) is 7.84. The monoisotopic (exact) mass is 298 g/mol. The van der Waals surface area contributed by atoms with E-state index in [-0.39, 0.29) is 41.5 Å². The van der Waals surface area contributed by atoms with Crippen molar-refractivity contribution in [2.24, 2.45) is 0 Å². The van der Waals surface area contributed by atoms with Crippen LogP contribution >= 0.6 is 0 Å². The smallest absolute Gasteiger partial charge is 0.296 e. The van der Waals surface area contributed by atoms with Crippen molar-refractivity contribution in [1.82, 2.24) is 0 Å². The molecule has 106 valence electrons. The van der Waals surface area contributed by atoms with Crippen LogP contribution in [0.2, 0.25) is 0 Å². The van der Waals surface area contributed by atoms with E-state index in [0.29, 0.717) is 0 Å². The van der Waals surface area contributed by atoms with Crippen molar-refractivity contribution in [3.63, 3.8) is 0 Å². The Morgan fingerprint density at radius 1 is 1.15 bits per heavy atom. The molecule has 0 atom stereocenters. The molecule has 1 fully saturated rings. The molecular weight excluding hydrogens is 287 g/mol. The molecule has 0 aromatic heterocycles. The highest BCUT2D eigenvalue weighted by Crippen LogP contribution is 2.31. The van der Waals surface area contributed by atoms with Crippen molar-refractivity contribution in [3.8, 4) is 0 Å². The van der Waals surface area contributed by atoms with Crippen molar-refractivity contribution >= 4 is 32.9 Å². The van der Waals surface area contributed by atoms with Gasteiger partial charge in [0.05, 0.1) is 28.4 Å². The van der Waals surface area contributed by atoms with E-state index in [1.165, 1.54) is 6.07 Å². The van der Waals surface area contributed by atoms with E-state index in [1.54, 1.807) is 4.90 Å². The molecule has 1 amide bonds. The van der Waals surface area contributed by atoms with Gasteiger partial charge in [-0.05, 0) is 12.1 Å². The Bertz CT molecular complexity index is 715. The number of rotatable bonds is 1. The highest BCUT2D eigenvalue weighted by molar-refractivity contribution is 7.91. The molecule has 1 N–H and O–H groups in total. The topological polar surface area (TPSA) is 83.6 Å². The number of fused-ring (bicyclic) bond motifs is 1. The van der Waals surface area contributed by atoms with E-state index in [0.717, 1.165) is 6.07 Å². The molecule has 1 aromatic rings. The maximum atomic E-state index is 14.0. The number of anilines is 2. The second-order valence-corrected chi connectivity index (χ2v) is 7.07. The average Bonchev–Trinajstić information content (AvgIpc) is 2.65. The highest BCUT2D eigenvalue weighted by atomic mass is 32.2. The van der Waals surface area contributed by atoms with E-state index in [2.05, 4.69) is 5.32 Å². The fourth-order valence-electron chi connectivity index (χ4n) is 2.35. The summed E-state index contributed by atoms with van der Waals surface area (Å²) in [5.74, 6) is -2.23. The zero-order valence-electron chi connectivity index (χ0n) is 10.3. The van der Waals surface area contributed by atoms with Crippen molar-refractivity contribution in [3.05, 3.63) is 23.5 Å². The number of nitrogens with one attached hydrogen (secondary N) is 1. The number of halogens is 1. The Balaban J connectivity index is 1.95. The highest BCUT2D eigenvalue weighted by Gasteiger charge is 2.31. The van der Waals surface area contributed by atoms with E-state index in [1.807, 2.05) is 0 Å². The van der Waals surface area contributed by atoms with Crippen LogP contribution in [0.25, 0.3) is 0 Å². The van der Waals surface area contributed by atoms with Crippen LogP contribution in [0.5, 0.6) is 0 Å². The van der Waals surface area contributed by atoms with Crippen LogP contribution in [0.4, 0.5) is 15.8 Å². The van der Waals surface area contributed by atoms with Crippen molar-refractivity contribution in [2.75, 3.05) is 34.8 Å². The van der Waals surface area contributed by atoms with Gasteiger partial charge in [0.25, 0.3) is 11.7 Å². The van der Waals surface area contributed by atoms with Crippen LogP contribution in [-0.2, 0) is 14.6 Å². The summed E-state index contributed by atoms with van der Waals surface area (Å²) in [5, 5.41) is 2.37. The van der Waals surface area contributed by atoms with Gasteiger partial charge in [-0.3, -0.25) is 9.59 Å². The second-order valence-electron chi connectivity index (χ2n) is 4.77. The first-order valence-electron chi connectivity index (χ1n) is 6.02. The number of sulfone groups is 1. The molecule has 0 unspecified atom stereocenters. The molecule has 0 radical (unpaired) electrons. The number of hydrogen-bond donors (Lipinski definition) is 1. The van der Waals surface area contributed by atoms with Gasteiger partial charge in [0.2, 0.25) is 0 Å². The minimum Gasteiger partial charge on any atom is -0.367 e. The Hall–Kier alpha value is -1.96. The molecular formula is C12H11FN2O4S. The maximum Gasteiger partial charge on any atom is 0.296 e. The molecule has 20 heavy (non-hydrogen) atoms. The molecule has 0 bridgehead atoms. The third-order valence-corrected chi connectivity index (χ3v) is 5.08. The van der Waals surface area contributed by atoms with Gasteiger partial charge in [-0.15, -0.1) is 0 Å². The lowest BCUT2D eigenvalue weighted by Gasteiger charge is -2.29. The van der Waals surface area contributed by atoms with Gasteiger partial charge < -0.3 is 10.2 Å². The Labute approximate surface area is 114 Å². The lowest BCUT2D eigenvalue weighted by molar-refractivity contribution is -0.112. The van der Waals surface area contributed by atoms with Gasteiger partial charge in [0, 0.05) is 13.1 Å². The van der Waals surface area contributed by atoms with Gasteiger partial charge in [-0.25, -0.2) is 12.8 Å². The number of carbonyl (C=O) groups excluding carboxylic acids is 2. The molecule has 0 spiro atoms. The second kappa shape index (κ2) is 4.27. The molecule has 1 aromatic carbocycles. The largest absolute Gasteiger partial charge is 0.367 e. The summed E-state index contributed by atoms with van der Waals surface area (Å²) in [6, 6.07) is 2.40. The van der Waals surface area contributed by atoms with E-state index >= 15 is 0 Å². The lowest BCUT2D eigenvalue weighted by Crippen LogP contribution is -2.40. The lowest BCUT2D eigenvalue weighted by atomic mass is 10.1. The van der Waals surface area contributed by atoms with Crippen molar-refractivity contribution in [2.45, 2.75) is 0 Å². The minimum atomic E-state index is -3.05. The summed E-state index contributed by atoms with van der Waals surface area (Å²) in [4.78, 5) is 24.3. The molecule has 3 rings (SSSR count). The van der Waals surface area contributed by atoms with Crippen LogP contribution in [0.3, 0.4) is 0 Å². The summed E-state index contributed by atoms with van der Waals surface area (Å²) in [6.07, 6.45) is 0. The molecule has 0 saturated carbocycles. The van der Waals surface area contributed by atoms with Gasteiger partial charge in [-0.1, -0.05) is 0 Å². The molecule has 1 saturated heterocycles. The van der Waals surface area contributed by atoms with Crippen LogP contribution in [0.15, 0.2) is 12.1 Å². The number of nitrogens with zero attached hydrogens (tertiary/aromatic N) is 1. The normalized spacial score (nSPS) is 20.8. The molecule has 2 aliphatic heterocycles. The number of amides is 1. The van der Waals surface area contributed by atoms with E-state index in [4.69, 9.17) is 0 Å². The Morgan fingerprint density at radius 2 is 1.80 bits per heavy atom. The SMILES string of the molecule is O=C1Nc2cc(N3CCS(=O)(=O)CC3)c(F)cc2C1=O. The van der Waals surface area contributed by atoms with Gasteiger partial charge in [0.1, 0.15) is 5.82 Å². The van der Waals surface area contributed by atoms with Crippen molar-refractivity contribution < 1.29 is 22.4 Å². The number of ketones is 1. The molecule has 0 aliphatic carbocycles. The standard InChI is InChI=1S/C12H11FN2O4S/c13-8-5-7-9(14-12(17)11(7)16)6-10(8)15-1-3-20(18,19)4-2-15/h5-6H,1-4H2,(H,14,16,17). The number of benzene rings is 1. The number of Topliss-reactive ketones (excluding diaryl/α,β-unsaturated/α-hetero) is 1. The molecule has 2 heterocycles. The quantitative estimate of drug-likeness (QED) is 0.749. The summed E-state index contributed by atoms with van der Waals surface area (Å²) in [7, 11) is -3.05. The third-order valence-electron chi connectivity index (χ3n) is 3.47. The third kappa shape index (κ3) is 2.05.